The predicted octanol–water partition coefficient (Wildman–Crippen LogP) is 0.178. The van der Waals surface area contributed by atoms with Gasteiger partial charge in [-0.1, -0.05) is 0 Å². The van der Waals surface area contributed by atoms with Crippen LogP contribution in [0.3, 0.4) is 0 Å². The minimum atomic E-state index is -0.403. The Kier molecular flexibility index (Phi) is 4.65. The van der Waals surface area contributed by atoms with E-state index in [4.69, 9.17) is 10.8 Å². The predicted molar refractivity (Wildman–Crippen MR) is 41.5 cm³/mol. The molecule has 4 nitrogen and oxygen atoms in total. The molecule has 66 valence electrons. The summed E-state index contributed by atoms with van der Waals surface area (Å²) in [6, 6.07) is 0. The zero-order chi connectivity index (χ0) is 8.74. The van der Waals surface area contributed by atoms with E-state index in [9.17, 15) is 0 Å². The van der Waals surface area contributed by atoms with E-state index in [0.29, 0.717) is 6.79 Å². The molecule has 4 heteroatoms. The second kappa shape index (κ2) is 4.98. The van der Waals surface area contributed by atoms with E-state index in [-0.39, 0.29) is 6.61 Å². The molecule has 0 aromatic carbocycles. The Morgan fingerprint density at radius 3 is 1.91 bits per heavy atom. The molecule has 3 N–H and O–H groups in total. The van der Waals surface area contributed by atoms with Crippen molar-refractivity contribution in [2.75, 3.05) is 13.4 Å². The van der Waals surface area contributed by atoms with Crippen LogP contribution in [-0.4, -0.2) is 24.0 Å². The maximum absolute atomic E-state index is 8.28. The molecule has 0 unspecified atom stereocenters. The van der Waals surface area contributed by atoms with Gasteiger partial charge in [-0.3, -0.25) is 0 Å². The number of nitrogens with two attached hydrogens (primary N) is 1. The van der Waals surface area contributed by atoms with E-state index in [1.54, 1.807) is 13.8 Å². The average molecular weight is 161 g/mol. The summed E-state index contributed by atoms with van der Waals surface area (Å²) in [7, 11) is 0. The van der Waals surface area contributed by atoms with Crippen LogP contribution in [0.5, 0.6) is 0 Å². The number of aliphatic hydroxyl groups is 1. The van der Waals surface area contributed by atoms with Crippen molar-refractivity contribution in [1.29, 1.82) is 0 Å². The molecule has 0 aliphatic carbocycles. The zero-order valence-corrected chi connectivity index (χ0v) is 6.91. The maximum atomic E-state index is 8.28. The van der Waals surface area contributed by atoms with E-state index >= 15 is 0 Å². The van der Waals surface area contributed by atoms with E-state index < -0.39 is 5.54 Å². The molecule has 1 aliphatic heterocycles. The SMILES string of the molecule is C1=COCO1.CC(C)(N)CO. The monoisotopic (exact) mass is 161 g/mol. The first-order valence-corrected chi connectivity index (χ1v) is 3.34. The molecule has 0 saturated carbocycles. The van der Waals surface area contributed by atoms with Crippen molar-refractivity contribution in [2.24, 2.45) is 5.73 Å². The summed E-state index contributed by atoms with van der Waals surface area (Å²) in [6.07, 6.45) is 3.03. The number of rotatable bonds is 1. The first-order valence-electron chi connectivity index (χ1n) is 3.34. The highest BCUT2D eigenvalue weighted by Gasteiger charge is 2.05. The van der Waals surface area contributed by atoms with E-state index in [1.165, 1.54) is 12.5 Å². The van der Waals surface area contributed by atoms with Crippen LogP contribution in [0.15, 0.2) is 12.5 Å². The number of ether oxygens (including phenoxy) is 2. The summed E-state index contributed by atoms with van der Waals surface area (Å²) >= 11 is 0. The molecule has 0 bridgehead atoms. The van der Waals surface area contributed by atoms with Gasteiger partial charge in [-0.25, -0.2) is 0 Å². The fourth-order valence-corrected chi connectivity index (χ4v) is 0.196. The standard InChI is InChI=1S/C4H11NO.C3H4O2/c1-4(2,5)3-6;1-2-5-3-4-1/h6H,3,5H2,1-2H3;1-2H,3H2. The highest BCUT2D eigenvalue weighted by atomic mass is 16.7. The average Bonchev–Trinajstić information content (AvgIpc) is 2.41. The van der Waals surface area contributed by atoms with E-state index in [1.807, 2.05) is 0 Å². The summed E-state index contributed by atoms with van der Waals surface area (Å²) < 4.78 is 9.08. The molecule has 0 aromatic rings. The molecule has 0 fully saturated rings. The lowest BCUT2D eigenvalue weighted by Crippen LogP contribution is -2.35. The molecule has 0 spiro atoms. The van der Waals surface area contributed by atoms with Crippen LogP contribution >= 0.6 is 0 Å². The zero-order valence-electron chi connectivity index (χ0n) is 6.91. The summed E-state index contributed by atoms with van der Waals surface area (Å²) in [5, 5.41) is 8.28. The molecule has 0 saturated heterocycles. The topological polar surface area (TPSA) is 64.7 Å². The van der Waals surface area contributed by atoms with Gasteiger partial charge in [0.15, 0.2) is 0 Å². The van der Waals surface area contributed by atoms with Gasteiger partial charge in [0, 0.05) is 5.54 Å². The Balaban J connectivity index is 0.000000183. The molecular weight excluding hydrogens is 146 g/mol. The van der Waals surface area contributed by atoms with Crippen molar-refractivity contribution >= 4 is 0 Å². The largest absolute Gasteiger partial charge is 0.462 e. The second-order valence-electron chi connectivity index (χ2n) is 2.87. The number of aliphatic hydroxyl groups excluding tert-OH is 1. The maximum Gasteiger partial charge on any atom is 0.229 e. The molecule has 0 aromatic heterocycles. The Morgan fingerprint density at radius 1 is 1.45 bits per heavy atom. The first kappa shape index (κ1) is 10.3. The van der Waals surface area contributed by atoms with Gasteiger partial charge in [0.25, 0.3) is 0 Å². The van der Waals surface area contributed by atoms with Crippen LogP contribution in [0.25, 0.3) is 0 Å². The Hall–Kier alpha value is -0.740. The van der Waals surface area contributed by atoms with Gasteiger partial charge in [-0.2, -0.15) is 0 Å². The van der Waals surface area contributed by atoms with Crippen molar-refractivity contribution in [2.45, 2.75) is 19.4 Å². The lowest BCUT2D eigenvalue weighted by atomic mass is 10.1. The van der Waals surface area contributed by atoms with Crippen LogP contribution in [0, 0.1) is 0 Å². The van der Waals surface area contributed by atoms with Gasteiger partial charge in [-0.05, 0) is 13.8 Å². The lowest BCUT2D eigenvalue weighted by Gasteiger charge is -2.12. The summed E-state index contributed by atoms with van der Waals surface area (Å²) in [5.74, 6) is 0. The van der Waals surface area contributed by atoms with Gasteiger partial charge in [0.2, 0.25) is 6.79 Å². The van der Waals surface area contributed by atoms with Gasteiger partial charge < -0.3 is 20.3 Å². The van der Waals surface area contributed by atoms with Crippen LogP contribution in [0.1, 0.15) is 13.8 Å². The molecule has 0 radical (unpaired) electrons. The van der Waals surface area contributed by atoms with Crippen LogP contribution in [0.4, 0.5) is 0 Å². The smallest absolute Gasteiger partial charge is 0.229 e. The molecule has 0 atom stereocenters. The summed E-state index contributed by atoms with van der Waals surface area (Å²) in [5.41, 5.74) is 4.88. The number of hydrogen-bond donors (Lipinski definition) is 2. The summed E-state index contributed by atoms with van der Waals surface area (Å²) in [6.45, 7) is 3.98. The molecule has 0 amide bonds. The van der Waals surface area contributed by atoms with Crippen molar-refractivity contribution in [1.82, 2.24) is 0 Å². The molecule has 1 rings (SSSR count). The third kappa shape index (κ3) is 9.26. The van der Waals surface area contributed by atoms with Crippen LogP contribution in [-0.2, 0) is 9.47 Å². The highest BCUT2D eigenvalue weighted by molar-refractivity contribution is 4.67. The number of hydrogen-bond acceptors (Lipinski definition) is 4. The highest BCUT2D eigenvalue weighted by Crippen LogP contribution is 1.90. The molecule has 1 aliphatic rings. The molecule has 11 heavy (non-hydrogen) atoms. The van der Waals surface area contributed by atoms with Crippen molar-refractivity contribution in [3.05, 3.63) is 12.5 Å². The van der Waals surface area contributed by atoms with E-state index in [2.05, 4.69) is 9.47 Å². The Morgan fingerprint density at radius 2 is 1.82 bits per heavy atom. The first-order chi connectivity index (χ1) is 5.06. The van der Waals surface area contributed by atoms with E-state index in [0.717, 1.165) is 0 Å². The Labute approximate surface area is 66.6 Å². The molecular formula is C7H15NO3. The fraction of sp³-hybridized carbons (Fsp3) is 0.714. The molecule has 1 heterocycles. The van der Waals surface area contributed by atoms with Crippen molar-refractivity contribution in [3.63, 3.8) is 0 Å². The van der Waals surface area contributed by atoms with Gasteiger partial charge >= 0.3 is 0 Å². The summed E-state index contributed by atoms with van der Waals surface area (Å²) in [4.78, 5) is 0. The third-order valence-electron chi connectivity index (χ3n) is 0.792. The second-order valence-corrected chi connectivity index (χ2v) is 2.87. The fourth-order valence-electron chi connectivity index (χ4n) is 0.196. The van der Waals surface area contributed by atoms with Crippen molar-refractivity contribution in [3.8, 4) is 0 Å². The van der Waals surface area contributed by atoms with Gasteiger partial charge in [0.1, 0.15) is 12.5 Å². The third-order valence-corrected chi connectivity index (χ3v) is 0.792. The lowest BCUT2D eigenvalue weighted by molar-refractivity contribution is 0.0920. The van der Waals surface area contributed by atoms with Crippen LogP contribution in [0.2, 0.25) is 0 Å². The minimum Gasteiger partial charge on any atom is -0.462 e. The normalized spacial score (nSPS) is 14.5. The van der Waals surface area contributed by atoms with Gasteiger partial charge in [-0.15, -0.1) is 0 Å². The van der Waals surface area contributed by atoms with Gasteiger partial charge in [0.05, 0.1) is 6.61 Å². The quantitative estimate of drug-likeness (QED) is 0.575. The Bertz CT molecular complexity index is 111. The van der Waals surface area contributed by atoms with Crippen molar-refractivity contribution < 1.29 is 14.6 Å². The van der Waals surface area contributed by atoms with Crippen LogP contribution < -0.4 is 5.73 Å². The minimum absolute atomic E-state index is 0.0486.